The van der Waals surface area contributed by atoms with E-state index >= 15 is 0 Å². The van der Waals surface area contributed by atoms with Crippen molar-refractivity contribution in [3.63, 3.8) is 0 Å². The van der Waals surface area contributed by atoms with Crippen LogP contribution in [-0.4, -0.2) is 0 Å². The van der Waals surface area contributed by atoms with Gasteiger partial charge in [0.05, 0.1) is 0 Å². The van der Waals surface area contributed by atoms with Gasteiger partial charge in [-0.2, -0.15) is 0 Å². The van der Waals surface area contributed by atoms with Crippen LogP contribution in [0.5, 0.6) is 0 Å². The van der Waals surface area contributed by atoms with Crippen molar-refractivity contribution in [2.75, 3.05) is 0 Å². The third kappa shape index (κ3) is 8.59. The van der Waals surface area contributed by atoms with E-state index in [4.69, 9.17) is 0 Å². The first-order valence-corrected chi connectivity index (χ1v) is 6.49. The molecule has 2 unspecified atom stereocenters. The first-order valence-electron chi connectivity index (χ1n) is 6.49. The maximum atomic E-state index is 3.91. The summed E-state index contributed by atoms with van der Waals surface area (Å²) in [5, 5.41) is 0. The molecule has 0 aliphatic carbocycles. The highest BCUT2D eigenvalue weighted by molar-refractivity contribution is 4.58. The fraction of sp³-hybridized carbons (Fsp3) is 0.929. The summed E-state index contributed by atoms with van der Waals surface area (Å²) < 4.78 is 0. The summed E-state index contributed by atoms with van der Waals surface area (Å²) in [6, 6.07) is 0. The lowest BCUT2D eigenvalue weighted by Gasteiger charge is -2.13. The van der Waals surface area contributed by atoms with Gasteiger partial charge in [0, 0.05) is 0 Å². The van der Waals surface area contributed by atoms with Gasteiger partial charge in [0.1, 0.15) is 0 Å². The molecular formula is C14H29. The Morgan fingerprint density at radius 3 is 1.86 bits per heavy atom. The molecule has 0 aromatic heterocycles. The summed E-state index contributed by atoms with van der Waals surface area (Å²) in [7, 11) is 0. The summed E-state index contributed by atoms with van der Waals surface area (Å²) in [4.78, 5) is 0. The molecule has 0 bridgehead atoms. The van der Waals surface area contributed by atoms with Crippen molar-refractivity contribution in [1.82, 2.24) is 0 Å². The predicted molar refractivity (Wildman–Crippen MR) is 66.3 cm³/mol. The average Bonchev–Trinajstić information content (AvgIpc) is 2.15. The molecule has 0 aromatic carbocycles. The van der Waals surface area contributed by atoms with E-state index in [1.807, 2.05) is 0 Å². The zero-order valence-corrected chi connectivity index (χ0v) is 10.5. The van der Waals surface area contributed by atoms with Crippen molar-refractivity contribution in [3.05, 3.63) is 6.92 Å². The summed E-state index contributed by atoms with van der Waals surface area (Å²) in [6.07, 6.45) is 10.9. The third-order valence-corrected chi connectivity index (χ3v) is 3.14. The first-order chi connectivity index (χ1) is 6.70. The Hall–Kier alpha value is 0. The van der Waals surface area contributed by atoms with Gasteiger partial charge in [0.2, 0.25) is 0 Å². The van der Waals surface area contributed by atoms with Crippen LogP contribution in [0.2, 0.25) is 0 Å². The Balaban J connectivity index is 3.25. The Morgan fingerprint density at radius 2 is 1.36 bits per heavy atom. The molecule has 0 amide bonds. The zero-order valence-electron chi connectivity index (χ0n) is 10.5. The normalized spacial score (nSPS) is 15.4. The fourth-order valence-corrected chi connectivity index (χ4v) is 2.00. The third-order valence-electron chi connectivity index (χ3n) is 3.14. The maximum Gasteiger partial charge on any atom is -0.0443 e. The number of rotatable bonds is 9. The molecule has 0 nitrogen and oxygen atoms in total. The molecule has 0 spiro atoms. The number of unbranched alkanes of at least 4 members (excludes halogenated alkanes) is 1. The van der Waals surface area contributed by atoms with Gasteiger partial charge in [-0.25, -0.2) is 0 Å². The molecule has 0 aliphatic heterocycles. The molecule has 2 atom stereocenters. The highest BCUT2D eigenvalue weighted by Crippen LogP contribution is 2.19. The minimum absolute atomic E-state index is 0.894. The van der Waals surface area contributed by atoms with Crippen molar-refractivity contribution in [1.29, 1.82) is 0 Å². The molecule has 0 aromatic rings. The van der Waals surface area contributed by atoms with Crippen LogP contribution in [0.4, 0.5) is 0 Å². The number of hydrogen-bond donors (Lipinski definition) is 0. The second-order valence-electron chi connectivity index (χ2n) is 4.93. The van der Waals surface area contributed by atoms with Gasteiger partial charge in [0.15, 0.2) is 0 Å². The van der Waals surface area contributed by atoms with Crippen LogP contribution >= 0.6 is 0 Å². The monoisotopic (exact) mass is 197 g/mol. The van der Waals surface area contributed by atoms with Crippen LogP contribution in [0.15, 0.2) is 0 Å². The molecule has 0 heterocycles. The van der Waals surface area contributed by atoms with E-state index < -0.39 is 0 Å². The average molecular weight is 197 g/mol. The molecule has 0 saturated heterocycles. The van der Waals surface area contributed by atoms with Crippen LogP contribution in [0.3, 0.4) is 0 Å². The SMILES string of the molecule is [CH2]CCC(C)CCCC(C)CCCC. The number of hydrogen-bond acceptors (Lipinski definition) is 0. The van der Waals surface area contributed by atoms with Crippen LogP contribution in [0.1, 0.15) is 72.1 Å². The minimum Gasteiger partial charge on any atom is -0.0654 e. The van der Waals surface area contributed by atoms with Crippen molar-refractivity contribution in [3.8, 4) is 0 Å². The maximum absolute atomic E-state index is 3.91. The molecule has 14 heavy (non-hydrogen) atoms. The smallest absolute Gasteiger partial charge is 0.0443 e. The van der Waals surface area contributed by atoms with Crippen molar-refractivity contribution in [2.24, 2.45) is 11.8 Å². The largest absolute Gasteiger partial charge is 0.0654 e. The van der Waals surface area contributed by atoms with E-state index in [0.717, 1.165) is 18.3 Å². The van der Waals surface area contributed by atoms with Crippen LogP contribution < -0.4 is 0 Å². The van der Waals surface area contributed by atoms with Crippen LogP contribution in [0, 0.1) is 18.8 Å². The van der Waals surface area contributed by atoms with Crippen molar-refractivity contribution < 1.29 is 0 Å². The summed E-state index contributed by atoms with van der Waals surface area (Å²) in [5.41, 5.74) is 0. The summed E-state index contributed by atoms with van der Waals surface area (Å²) >= 11 is 0. The highest BCUT2D eigenvalue weighted by Gasteiger charge is 2.04. The van der Waals surface area contributed by atoms with Crippen molar-refractivity contribution >= 4 is 0 Å². The zero-order chi connectivity index (χ0) is 10.8. The summed E-state index contributed by atoms with van der Waals surface area (Å²) in [6.45, 7) is 11.0. The topological polar surface area (TPSA) is 0 Å². The second-order valence-corrected chi connectivity index (χ2v) is 4.93. The van der Waals surface area contributed by atoms with Gasteiger partial charge < -0.3 is 0 Å². The molecule has 1 radical (unpaired) electrons. The Morgan fingerprint density at radius 1 is 0.857 bits per heavy atom. The molecule has 0 heteroatoms. The van der Waals surface area contributed by atoms with E-state index in [2.05, 4.69) is 27.7 Å². The standard InChI is InChI=1S/C14H29/c1-5-7-10-14(4)12-8-11-13(3)9-6-2/h13-14H,2,5-12H2,1,3-4H3. The lowest BCUT2D eigenvalue weighted by Crippen LogP contribution is -1.98. The Bertz CT molecular complexity index is 107. The van der Waals surface area contributed by atoms with E-state index in [-0.39, 0.29) is 0 Å². The van der Waals surface area contributed by atoms with Gasteiger partial charge in [-0.3, -0.25) is 0 Å². The predicted octanol–water partition coefficient (Wildman–Crippen LogP) is 5.23. The van der Waals surface area contributed by atoms with E-state index in [9.17, 15) is 0 Å². The van der Waals surface area contributed by atoms with Gasteiger partial charge in [0.25, 0.3) is 0 Å². The van der Waals surface area contributed by atoms with E-state index in [1.54, 1.807) is 0 Å². The van der Waals surface area contributed by atoms with Gasteiger partial charge in [-0.15, -0.1) is 0 Å². The van der Waals surface area contributed by atoms with E-state index in [1.165, 1.54) is 44.9 Å². The fourth-order valence-electron chi connectivity index (χ4n) is 2.00. The Labute approximate surface area is 91.5 Å². The van der Waals surface area contributed by atoms with Crippen LogP contribution in [-0.2, 0) is 0 Å². The molecule has 0 saturated carbocycles. The van der Waals surface area contributed by atoms with Crippen LogP contribution in [0.25, 0.3) is 0 Å². The van der Waals surface area contributed by atoms with Gasteiger partial charge in [-0.1, -0.05) is 79.1 Å². The first kappa shape index (κ1) is 14.0. The van der Waals surface area contributed by atoms with Gasteiger partial charge in [-0.05, 0) is 11.8 Å². The molecular weight excluding hydrogens is 168 g/mol. The Kier molecular flexibility index (Phi) is 9.55. The molecule has 0 aliphatic rings. The molecule has 0 rings (SSSR count). The highest BCUT2D eigenvalue weighted by atomic mass is 14.1. The molecule has 85 valence electrons. The quantitative estimate of drug-likeness (QED) is 0.474. The molecule has 0 fully saturated rings. The van der Waals surface area contributed by atoms with Crippen molar-refractivity contribution in [2.45, 2.75) is 72.1 Å². The minimum atomic E-state index is 0.894. The van der Waals surface area contributed by atoms with Gasteiger partial charge >= 0.3 is 0 Å². The summed E-state index contributed by atoms with van der Waals surface area (Å²) in [5.74, 6) is 1.84. The van der Waals surface area contributed by atoms with E-state index in [0.29, 0.717) is 0 Å². The lowest BCUT2D eigenvalue weighted by atomic mass is 9.93. The lowest BCUT2D eigenvalue weighted by molar-refractivity contribution is 0.405. The molecule has 0 N–H and O–H groups in total. The second kappa shape index (κ2) is 9.55.